The monoisotopic (exact) mass is 283 g/mol. The predicted molar refractivity (Wildman–Crippen MR) is 86.1 cm³/mol. The van der Waals surface area contributed by atoms with Gasteiger partial charge in [-0.1, -0.05) is 51.1 Å². The van der Waals surface area contributed by atoms with Crippen molar-refractivity contribution in [2.24, 2.45) is 11.8 Å². The summed E-state index contributed by atoms with van der Waals surface area (Å²) >= 11 is 0. The van der Waals surface area contributed by atoms with E-state index in [1.807, 2.05) is 0 Å². The van der Waals surface area contributed by atoms with Crippen LogP contribution in [0.3, 0.4) is 0 Å². The zero-order chi connectivity index (χ0) is 14.8. The van der Waals surface area contributed by atoms with Crippen LogP contribution in [0.2, 0.25) is 0 Å². The third-order valence-electron chi connectivity index (χ3n) is 4.48. The Morgan fingerprint density at radius 3 is 2.48 bits per heavy atom. The van der Waals surface area contributed by atoms with E-state index in [4.69, 9.17) is 4.42 Å². The van der Waals surface area contributed by atoms with Gasteiger partial charge in [-0.3, -0.25) is 0 Å². The first-order valence-corrected chi connectivity index (χ1v) is 8.02. The summed E-state index contributed by atoms with van der Waals surface area (Å²) in [5.41, 5.74) is 1.34. The van der Waals surface area contributed by atoms with E-state index in [-0.39, 0.29) is 0 Å². The zero-order valence-corrected chi connectivity index (χ0v) is 13.2. The molecule has 2 aromatic rings. The molecular formula is C19H25NO. The van der Waals surface area contributed by atoms with E-state index in [2.05, 4.69) is 68.6 Å². The fraction of sp³-hybridized carbons (Fsp3) is 0.474. The van der Waals surface area contributed by atoms with Crippen LogP contribution in [0.4, 0.5) is 0 Å². The molecule has 0 bridgehead atoms. The van der Waals surface area contributed by atoms with Gasteiger partial charge < -0.3 is 9.73 Å². The smallest absolute Gasteiger partial charge is 0.117 e. The normalized spacial score (nSPS) is 22.5. The fourth-order valence-electron chi connectivity index (χ4n) is 3.02. The molecule has 1 aromatic carbocycles. The highest BCUT2D eigenvalue weighted by molar-refractivity contribution is 5.20. The van der Waals surface area contributed by atoms with Gasteiger partial charge in [-0.05, 0) is 36.0 Å². The molecule has 3 unspecified atom stereocenters. The molecule has 1 heterocycles. The molecule has 3 rings (SSSR count). The van der Waals surface area contributed by atoms with Gasteiger partial charge >= 0.3 is 0 Å². The van der Waals surface area contributed by atoms with Crippen LogP contribution in [0.15, 0.2) is 46.9 Å². The second-order valence-electron chi connectivity index (χ2n) is 6.64. The molecule has 1 saturated carbocycles. The van der Waals surface area contributed by atoms with Crippen molar-refractivity contribution in [3.8, 4) is 0 Å². The molecule has 0 spiro atoms. The Bertz CT molecular complexity index is 572. The Morgan fingerprint density at radius 1 is 1.14 bits per heavy atom. The van der Waals surface area contributed by atoms with Crippen LogP contribution in [-0.4, -0.2) is 0 Å². The van der Waals surface area contributed by atoms with E-state index < -0.39 is 0 Å². The Morgan fingerprint density at radius 2 is 1.86 bits per heavy atom. The molecule has 1 aliphatic rings. The molecule has 21 heavy (non-hydrogen) atoms. The molecule has 1 aliphatic carbocycles. The van der Waals surface area contributed by atoms with E-state index in [0.717, 1.165) is 18.2 Å². The second-order valence-corrected chi connectivity index (χ2v) is 6.64. The Kier molecular flexibility index (Phi) is 4.16. The third-order valence-corrected chi connectivity index (χ3v) is 4.48. The highest BCUT2D eigenvalue weighted by Gasteiger charge is 2.36. The number of benzene rings is 1. The third kappa shape index (κ3) is 3.38. The van der Waals surface area contributed by atoms with Crippen LogP contribution in [0, 0.1) is 11.8 Å². The van der Waals surface area contributed by atoms with Crippen molar-refractivity contribution in [3.05, 3.63) is 59.5 Å². The summed E-state index contributed by atoms with van der Waals surface area (Å²) in [6, 6.07) is 15.3. The highest BCUT2D eigenvalue weighted by atomic mass is 16.3. The minimum absolute atomic E-state index is 0.361. The summed E-state index contributed by atoms with van der Waals surface area (Å²) in [5.74, 6) is 4.22. The number of nitrogens with one attached hydrogen (secondary N) is 1. The minimum atomic E-state index is 0.361. The summed E-state index contributed by atoms with van der Waals surface area (Å²) in [4.78, 5) is 0. The maximum absolute atomic E-state index is 5.98. The van der Waals surface area contributed by atoms with Gasteiger partial charge in [-0.15, -0.1) is 0 Å². The summed E-state index contributed by atoms with van der Waals surface area (Å²) < 4.78 is 5.98. The number of furan rings is 1. The first-order valence-electron chi connectivity index (χ1n) is 8.02. The fourth-order valence-corrected chi connectivity index (χ4v) is 3.02. The predicted octanol–water partition coefficient (Wildman–Crippen LogP) is 4.89. The Hall–Kier alpha value is -1.54. The molecule has 0 radical (unpaired) electrons. The molecule has 3 atom stereocenters. The van der Waals surface area contributed by atoms with Crippen molar-refractivity contribution in [2.75, 3.05) is 0 Å². The van der Waals surface area contributed by atoms with E-state index >= 15 is 0 Å². The van der Waals surface area contributed by atoms with Crippen molar-refractivity contribution < 1.29 is 4.42 Å². The average molecular weight is 283 g/mol. The molecule has 2 heteroatoms. The van der Waals surface area contributed by atoms with Crippen LogP contribution >= 0.6 is 0 Å². The molecule has 112 valence electrons. The SMILES string of the molecule is CC(C)C(NCc1ccc(C2CC2C)o1)c1ccccc1. The lowest BCUT2D eigenvalue weighted by atomic mass is 9.96. The molecule has 1 N–H and O–H groups in total. The van der Waals surface area contributed by atoms with Gasteiger partial charge in [0.1, 0.15) is 11.5 Å². The van der Waals surface area contributed by atoms with E-state index in [1.165, 1.54) is 17.7 Å². The van der Waals surface area contributed by atoms with E-state index in [0.29, 0.717) is 17.9 Å². The lowest BCUT2D eigenvalue weighted by Crippen LogP contribution is -2.25. The zero-order valence-electron chi connectivity index (χ0n) is 13.2. The van der Waals surface area contributed by atoms with Crippen molar-refractivity contribution in [1.29, 1.82) is 0 Å². The molecular weight excluding hydrogens is 258 g/mol. The maximum Gasteiger partial charge on any atom is 0.117 e. The van der Waals surface area contributed by atoms with Gasteiger partial charge in [0.2, 0.25) is 0 Å². The lowest BCUT2D eigenvalue weighted by Gasteiger charge is -2.22. The molecule has 0 amide bonds. The topological polar surface area (TPSA) is 25.2 Å². The van der Waals surface area contributed by atoms with Crippen LogP contribution in [0.5, 0.6) is 0 Å². The second kappa shape index (κ2) is 6.07. The first-order chi connectivity index (χ1) is 10.1. The largest absolute Gasteiger partial charge is 0.464 e. The summed E-state index contributed by atoms with van der Waals surface area (Å²) in [5, 5.41) is 3.64. The first kappa shape index (κ1) is 14.4. The minimum Gasteiger partial charge on any atom is -0.464 e. The van der Waals surface area contributed by atoms with Crippen LogP contribution in [0.25, 0.3) is 0 Å². The van der Waals surface area contributed by atoms with Crippen molar-refractivity contribution in [2.45, 2.75) is 45.7 Å². The van der Waals surface area contributed by atoms with Crippen LogP contribution in [-0.2, 0) is 6.54 Å². The summed E-state index contributed by atoms with van der Waals surface area (Å²) in [6.07, 6.45) is 1.28. The standard InChI is InChI=1S/C19H25NO/c1-13(2)19(15-7-5-4-6-8-15)20-12-16-9-10-18(21-16)17-11-14(17)3/h4-10,13-14,17,19-20H,11-12H2,1-3H3. The van der Waals surface area contributed by atoms with Gasteiger partial charge in [-0.25, -0.2) is 0 Å². The Balaban J connectivity index is 1.63. The van der Waals surface area contributed by atoms with Gasteiger partial charge in [0.15, 0.2) is 0 Å². The van der Waals surface area contributed by atoms with E-state index in [1.54, 1.807) is 0 Å². The van der Waals surface area contributed by atoms with Crippen molar-refractivity contribution in [1.82, 2.24) is 5.32 Å². The maximum atomic E-state index is 5.98. The van der Waals surface area contributed by atoms with Crippen LogP contribution < -0.4 is 5.32 Å². The molecule has 0 saturated heterocycles. The van der Waals surface area contributed by atoms with Gasteiger partial charge in [0.05, 0.1) is 6.54 Å². The van der Waals surface area contributed by atoms with E-state index in [9.17, 15) is 0 Å². The van der Waals surface area contributed by atoms with Crippen molar-refractivity contribution in [3.63, 3.8) is 0 Å². The van der Waals surface area contributed by atoms with Crippen molar-refractivity contribution >= 4 is 0 Å². The molecule has 2 nitrogen and oxygen atoms in total. The quantitative estimate of drug-likeness (QED) is 0.816. The number of hydrogen-bond acceptors (Lipinski definition) is 2. The number of rotatable bonds is 6. The van der Waals surface area contributed by atoms with Gasteiger partial charge in [-0.2, -0.15) is 0 Å². The average Bonchev–Trinajstić information content (AvgIpc) is 3.02. The van der Waals surface area contributed by atoms with Crippen LogP contribution in [0.1, 0.15) is 56.2 Å². The highest BCUT2D eigenvalue weighted by Crippen LogP contribution is 2.47. The lowest BCUT2D eigenvalue weighted by molar-refractivity contribution is 0.375. The summed E-state index contributed by atoms with van der Waals surface area (Å²) in [7, 11) is 0. The Labute approximate surface area is 127 Å². The number of hydrogen-bond donors (Lipinski definition) is 1. The van der Waals surface area contributed by atoms with Gasteiger partial charge in [0, 0.05) is 12.0 Å². The summed E-state index contributed by atoms with van der Waals surface area (Å²) in [6.45, 7) is 7.59. The molecule has 0 aliphatic heterocycles. The van der Waals surface area contributed by atoms with Gasteiger partial charge in [0.25, 0.3) is 0 Å². The molecule has 1 fully saturated rings. The molecule has 1 aromatic heterocycles.